The van der Waals surface area contributed by atoms with Gasteiger partial charge in [-0.2, -0.15) is 0 Å². The lowest BCUT2D eigenvalue weighted by molar-refractivity contribution is -0.385. The molecule has 0 bridgehead atoms. The molecule has 5 nitrogen and oxygen atoms in total. The molecule has 1 N–H and O–H groups in total. The van der Waals surface area contributed by atoms with Gasteiger partial charge in [-0.25, -0.2) is 0 Å². The molecule has 110 valence electrons. The number of hydrogen-bond donors (Lipinski definition) is 1. The van der Waals surface area contributed by atoms with Crippen molar-refractivity contribution in [2.75, 3.05) is 0 Å². The molecular formula is C14H11Cl2NO4. The molecule has 7 heteroatoms. The van der Waals surface area contributed by atoms with Gasteiger partial charge in [0.1, 0.15) is 5.75 Å². The smallest absolute Gasteiger partial charge is 0.313 e. The maximum absolute atomic E-state index is 11.0. The van der Waals surface area contributed by atoms with Crippen molar-refractivity contribution in [2.45, 2.75) is 13.0 Å². The molecule has 0 aromatic heterocycles. The molecule has 0 radical (unpaired) electrons. The van der Waals surface area contributed by atoms with Crippen molar-refractivity contribution in [1.82, 2.24) is 0 Å². The van der Waals surface area contributed by atoms with Gasteiger partial charge in [-0.3, -0.25) is 10.1 Å². The number of benzene rings is 2. The average molecular weight is 328 g/mol. The predicted molar refractivity (Wildman–Crippen MR) is 80.3 cm³/mol. The maximum atomic E-state index is 11.0. The second kappa shape index (κ2) is 6.30. The first-order valence-electron chi connectivity index (χ1n) is 5.98. The topological polar surface area (TPSA) is 72.6 Å². The number of nitrogens with zero attached hydrogens (tertiary/aromatic N) is 1. The first kappa shape index (κ1) is 15.6. The van der Waals surface area contributed by atoms with Crippen LogP contribution in [0.25, 0.3) is 0 Å². The van der Waals surface area contributed by atoms with Crippen molar-refractivity contribution >= 4 is 28.9 Å². The van der Waals surface area contributed by atoms with E-state index in [0.717, 1.165) is 0 Å². The SMILES string of the molecule is CC(O)c1ccc(Oc2ccc(Cl)cc2[N+](=O)[O-])cc1Cl. The van der Waals surface area contributed by atoms with E-state index in [1.165, 1.54) is 24.3 Å². The molecule has 2 aromatic rings. The number of aliphatic hydroxyl groups is 1. The highest BCUT2D eigenvalue weighted by Crippen LogP contribution is 2.35. The average Bonchev–Trinajstić information content (AvgIpc) is 2.40. The first-order valence-corrected chi connectivity index (χ1v) is 6.73. The summed E-state index contributed by atoms with van der Waals surface area (Å²) in [6.07, 6.45) is -0.712. The molecule has 0 amide bonds. The van der Waals surface area contributed by atoms with Gasteiger partial charge in [-0.1, -0.05) is 29.3 Å². The maximum Gasteiger partial charge on any atom is 0.313 e. The third-order valence-corrected chi connectivity index (χ3v) is 3.33. The fourth-order valence-electron chi connectivity index (χ4n) is 1.76. The fraction of sp³-hybridized carbons (Fsp3) is 0.143. The summed E-state index contributed by atoms with van der Waals surface area (Å²) < 4.78 is 5.47. The molecule has 0 spiro atoms. The molecule has 0 aliphatic rings. The van der Waals surface area contributed by atoms with Gasteiger partial charge in [0, 0.05) is 11.1 Å². The van der Waals surface area contributed by atoms with Crippen LogP contribution in [0.15, 0.2) is 36.4 Å². The Morgan fingerprint density at radius 2 is 1.95 bits per heavy atom. The third kappa shape index (κ3) is 3.64. The fourth-order valence-corrected chi connectivity index (χ4v) is 2.25. The Morgan fingerprint density at radius 1 is 1.24 bits per heavy atom. The highest BCUT2D eigenvalue weighted by atomic mass is 35.5. The number of hydrogen-bond acceptors (Lipinski definition) is 4. The van der Waals surface area contributed by atoms with Gasteiger partial charge in [-0.15, -0.1) is 0 Å². The van der Waals surface area contributed by atoms with Crippen molar-refractivity contribution in [1.29, 1.82) is 0 Å². The molecule has 0 fully saturated rings. The highest BCUT2D eigenvalue weighted by Gasteiger charge is 2.17. The van der Waals surface area contributed by atoms with Crippen molar-refractivity contribution in [3.8, 4) is 11.5 Å². The standard InChI is InChI=1S/C14H11Cl2NO4/c1-8(18)11-4-3-10(7-12(11)16)21-14-5-2-9(15)6-13(14)17(19)20/h2-8,18H,1H3. The lowest BCUT2D eigenvalue weighted by Crippen LogP contribution is -1.95. The summed E-state index contributed by atoms with van der Waals surface area (Å²) in [5.41, 5.74) is 0.313. The molecular weight excluding hydrogens is 317 g/mol. The van der Waals surface area contributed by atoms with Crippen LogP contribution in [0.5, 0.6) is 11.5 Å². The Morgan fingerprint density at radius 3 is 2.52 bits per heavy atom. The number of nitro benzene ring substituents is 1. The summed E-state index contributed by atoms with van der Waals surface area (Å²) in [5, 5.41) is 21.1. The Hall–Kier alpha value is -1.82. The van der Waals surface area contributed by atoms with Crippen LogP contribution in [-0.2, 0) is 0 Å². The summed E-state index contributed by atoms with van der Waals surface area (Å²) in [5.74, 6) is 0.389. The number of nitro groups is 1. The van der Waals surface area contributed by atoms with Crippen LogP contribution in [0.2, 0.25) is 10.0 Å². The lowest BCUT2D eigenvalue weighted by atomic mass is 10.1. The number of ether oxygens (including phenoxy) is 1. The molecule has 21 heavy (non-hydrogen) atoms. The van der Waals surface area contributed by atoms with E-state index in [2.05, 4.69) is 0 Å². The quantitative estimate of drug-likeness (QED) is 0.649. The van der Waals surface area contributed by atoms with Crippen LogP contribution in [0, 0.1) is 10.1 Å². The van der Waals surface area contributed by atoms with Gasteiger partial charge in [0.2, 0.25) is 5.75 Å². The van der Waals surface area contributed by atoms with Gasteiger partial charge in [0.05, 0.1) is 16.0 Å². The molecule has 0 saturated carbocycles. The second-order valence-electron chi connectivity index (χ2n) is 4.33. The zero-order valence-corrected chi connectivity index (χ0v) is 12.4. The molecule has 1 unspecified atom stereocenters. The van der Waals surface area contributed by atoms with E-state index in [1.807, 2.05) is 0 Å². The third-order valence-electron chi connectivity index (χ3n) is 2.77. The van der Waals surface area contributed by atoms with Gasteiger partial charge >= 0.3 is 5.69 Å². The predicted octanol–water partition coefficient (Wildman–Crippen LogP) is 4.75. The molecule has 0 aliphatic carbocycles. The van der Waals surface area contributed by atoms with Crippen molar-refractivity contribution in [3.05, 3.63) is 62.1 Å². The highest BCUT2D eigenvalue weighted by molar-refractivity contribution is 6.31. The first-order chi connectivity index (χ1) is 9.88. The molecule has 1 atom stereocenters. The van der Waals surface area contributed by atoms with Gasteiger partial charge in [0.25, 0.3) is 0 Å². The van der Waals surface area contributed by atoms with E-state index in [9.17, 15) is 15.2 Å². The monoisotopic (exact) mass is 327 g/mol. The molecule has 2 rings (SSSR count). The van der Waals surface area contributed by atoms with Crippen LogP contribution >= 0.6 is 23.2 Å². The van der Waals surface area contributed by atoms with Crippen LogP contribution < -0.4 is 4.74 Å². The summed E-state index contributed by atoms with van der Waals surface area (Å²) in [6, 6.07) is 8.79. The van der Waals surface area contributed by atoms with Crippen LogP contribution in [0.1, 0.15) is 18.6 Å². The molecule has 2 aromatic carbocycles. The summed E-state index contributed by atoms with van der Waals surface area (Å²) >= 11 is 11.8. The van der Waals surface area contributed by atoms with Gasteiger partial charge in [-0.05, 0) is 36.8 Å². The minimum atomic E-state index is -0.712. The number of halogens is 2. The minimum Gasteiger partial charge on any atom is -0.450 e. The molecule has 0 heterocycles. The van der Waals surface area contributed by atoms with E-state index in [4.69, 9.17) is 27.9 Å². The van der Waals surface area contributed by atoms with Crippen molar-refractivity contribution in [2.24, 2.45) is 0 Å². The normalized spacial score (nSPS) is 12.0. The number of aliphatic hydroxyl groups excluding tert-OH is 1. The minimum absolute atomic E-state index is 0.0604. The largest absolute Gasteiger partial charge is 0.450 e. The van der Waals surface area contributed by atoms with Crippen molar-refractivity contribution in [3.63, 3.8) is 0 Å². The summed E-state index contributed by atoms with van der Waals surface area (Å²) in [4.78, 5) is 10.4. The zero-order valence-electron chi connectivity index (χ0n) is 10.9. The van der Waals surface area contributed by atoms with Crippen molar-refractivity contribution < 1.29 is 14.8 Å². The van der Waals surface area contributed by atoms with Crippen LogP contribution in [0.3, 0.4) is 0 Å². The second-order valence-corrected chi connectivity index (χ2v) is 5.17. The Bertz CT molecular complexity index is 689. The summed E-state index contributed by atoms with van der Waals surface area (Å²) in [7, 11) is 0. The van der Waals surface area contributed by atoms with E-state index in [0.29, 0.717) is 16.3 Å². The van der Waals surface area contributed by atoms with Gasteiger partial charge in [0.15, 0.2) is 0 Å². The molecule has 0 aliphatic heterocycles. The van der Waals surface area contributed by atoms with E-state index in [-0.39, 0.29) is 16.5 Å². The van der Waals surface area contributed by atoms with Gasteiger partial charge < -0.3 is 9.84 Å². The number of rotatable bonds is 4. The Kier molecular flexibility index (Phi) is 4.67. The Balaban J connectivity index is 2.35. The van der Waals surface area contributed by atoms with Crippen LogP contribution in [0.4, 0.5) is 5.69 Å². The summed E-state index contributed by atoms with van der Waals surface area (Å²) in [6.45, 7) is 1.59. The van der Waals surface area contributed by atoms with E-state index >= 15 is 0 Å². The van der Waals surface area contributed by atoms with Crippen LogP contribution in [-0.4, -0.2) is 10.0 Å². The van der Waals surface area contributed by atoms with E-state index in [1.54, 1.807) is 19.1 Å². The zero-order chi connectivity index (χ0) is 15.6. The molecule has 0 saturated heterocycles. The van der Waals surface area contributed by atoms with E-state index < -0.39 is 11.0 Å². The lowest BCUT2D eigenvalue weighted by Gasteiger charge is -2.10. The Labute approximate surface area is 130 Å².